The predicted octanol–water partition coefficient (Wildman–Crippen LogP) is 1.80. The summed E-state index contributed by atoms with van der Waals surface area (Å²) in [4.78, 5) is 2.46. The fourth-order valence-electron chi connectivity index (χ4n) is 2.52. The highest BCUT2D eigenvalue weighted by Crippen LogP contribution is 2.25. The number of hydrogen-bond acceptors (Lipinski definition) is 3. The minimum Gasteiger partial charge on any atom is -0.381 e. The molecule has 0 radical (unpaired) electrons. The molecule has 1 aliphatic heterocycles. The molecule has 1 aromatic rings. The summed E-state index contributed by atoms with van der Waals surface area (Å²) >= 11 is 0. The van der Waals surface area contributed by atoms with Crippen molar-refractivity contribution in [2.75, 3.05) is 31.6 Å². The summed E-state index contributed by atoms with van der Waals surface area (Å²) in [5.41, 5.74) is 8.38. The number of anilines is 1. The van der Waals surface area contributed by atoms with E-state index in [0.29, 0.717) is 12.6 Å². The fraction of sp³-hybridized carbons (Fsp3) is 0.571. The summed E-state index contributed by atoms with van der Waals surface area (Å²) < 4.78 is 5.41. The number of para-hydroxylation sites is 1. The van der Waals surface area contributed by atoms with Crippen molar-refractivity contribution in [2.24, 2.45) is 5.73 Å². The monoisotopic (exact) mass is 234 g/mol. The number of piperidine rings is 1. The quantitative estimate of drug-likeness (QED) is 0.863. The van der Waals surface area contributed by atoms with Crippen LogP contribution in [-0.4, -0.2) is 32.8 Å². The largest absolute Gasteiger partial charge is 0.381 e. The SMILES string of the molecule is COC1CCN(c2ccccc2CCN)CC1. The van der Waals surface area contributed by atoms with Crippen LogP contribution >= 0.6 is 0 Å². The molecule has 3 heteroatoms. The van der Waals surface area contributed by atoms with E-state index in [1.807, 2.05) is 7.11 Å². The van der Waals surface area contributed by atoms with Gasteiger partial charge in [0.05, 0.1) is 6.10 Å². The number of benzene rings is 1. The minimum absolute atomic E-state index is 0.438. The molecular formula is C14H22N2O. The van der Waals surface area contributed by atoms with E-state index in [2.05, 4.69) is 29.2 Å². The topological polar surface area (TPSA) is 38.5 Å². The van der Waals surface area contributed by atoms with Gasteiger partial charge in [0.1, 0.15) is 0 Å². The van der Waals surface area contributed by atoms with Crippen LogP contribution < -0.4 is 10.6 Å². The van der Waals surface area contributed by atoms with Crippen LogP contribution in [0.1, 0.15) is 18.4 Å². The van der Waals surface area contributed by atoms with Gasteiger partial charge in [0.2, 0.25) is 0 Å². The number of nitrogens with zero attached hydrogens (tertiary/aromatic N) is 1. The first-order valence-electron chi connectivity index (χ1n) is 6.41. The summed E-state index contributed by atoms with van der Waals surface area (Å²) in [6.45, 7) is 2.88. The van der Waals surface area contributed by atoms with Crippen molar-refractivity contribution in [1.82, 2.24) is 0 Å². The van der Waals surface area contributed by atoms with Gasteiger partial charge in [-0.1, -0.05) is 18.2 Å². The van der Waals surface area contributed by atoms with E-state index < -0.39 is 0 Å². The molecule has 0 saturated carbocycles. The van der Waals surface area contributed by atoms with Gasteiger partial charge in [-0.2, -0.15) is 0 Å². The maximum atomic E-state index is 5.66. The second-order valence-corrected chi connectivity index (χ2v) is 4.59. The van der Waals surface area contributed by atoms with Gasteiger partial charge in [-0.05, 0) is 37.4 Å². The second kappa shape index (κ2) is 6.03. The lowest BCUT2D eigenvalue weighted by Crippen LogP contribution is -2.37. The molecule has 17 heavy (non-hydrogen) atoms. The van der Waals surface area contributed by atoms with Crippen LogP contribution in [0.15, 0.2) is 24.3 Å². The van der Waals surface area contributed by atoms with Gasteiger partial charge in [0.25, 0.3) is 0 Å². The Morgan fingerprint density at radius 3 is 2.65 bits per heavy atom. The van der Waals surface area contributed by atoms with Crippen LogP contribution in [-0.2, 0) is 11.2 Å². The van der Waals surface area contributed by atoms with E-state index in [1.165, 1.54) is 11.3 Å². The van der Waals surface area contributed by atoms with Crippen molar-refractivity contribution in [3.63, 3.8) is 0 Å². The minimum atomic E-state index is 0.438. The fourth-order valence-corrected chi connectivity index (χ4v) is 2.52. The van der Waals surface area contributed by atoms with Crippen LogP contribution in [0.3, 0.4) is 0 Å². The molecule has 0 aromatic heterocycles. The Morgan fingerprint density at radius 1 is 1.29 bits per heavy atom. The Hall–Kier alpha value is -1.06. The Balaban J connectivity index is 2.07. The lowest BCUT2D eigenvalue weighted by Gasteiger charge is -2.34. The first-order valence-corrected chi connectivity index (χ1v) is 6.41. The molecule has 1 heterocycles. The van der Waals surface area contributed by atoms with E-state index in [9.17, 15) is 0 Å². The van der Waals surface area contributed by atoms with Gasteiger partial charge in [-0.25, -0.2) is 0 Å². The number of nitrogens with two attached hydrogens (primary N) is 1. The average molecular weight is 234 g/mol. The van der Waals surface area contributed by atoms with Crippen molar-refractivity contribution >= 4 is 5.69 Å². The third-order valence-electron chi connectivity index (χ3n) is 3.52. The van der Waals surface area contributed by atoms with Crippen molar-refractivity contribution in [2.45, 2.75) is 25.4 Å². The average Bonchev–Trinajstić information content (AvgIpc) is 2.40. The number of hydrogen-bond donors (Lipinski definition) is 1. The summed E-state index contributed by atoms with van der Waals surface area (Å²) in [7, 11) is 1.81. The Labute approximate surface area is 104 Å². The van der Waals surface area contributed by atoms with Crippen LogP contribution in [0.4, 0.5) is 5.69 Å². The van der Waals surface area contributed by atoms with Crippen molar-refractivity contribution in [3.05, 3.63) is 29.8 Å². The zero-order valence-electron chi connectivity index (χ0n) is 10.6. The Kier molecular flexibility index (Phi) is 4.40. The summed E-state index contributed by atoms with van der Waals surface area (Å²) in [6.07, 6.45) is 3.63. The van der Waals surface area contributed by atoms with E-state index in [1.54, 1.807) is 0 Å². The number of methoxy groups -OCH3 is 1. The van der Waals surface area contributed by atoms with Crippen LogP contribution in [0.25, 0.3) is 0 Å². The zero-order chi connectivity index (χ0) is 12.1. The molecule has 0 atom stereocenters. The molecule has 0 amide bonds. The van der Waals surface area contributed by atoms with Gasteiger partial charge in [-0.15, -0.1) is 0 Å². The van der Waals surface area contributed by atoms with E-state index in [4.69, 9.17) is 10.5 Å². The number of ether oxygens (including phenoxy) is 1. The maximum Gasteiger partial charge on any atom is 0.0605 e. The van der Waals surface area contributed by atoms with E-state index in [0.717, 1.165) is 32.4 Å². The van der Waals surface area contributed by atoms with Crippen molar-refractivity contribution in [1.29, 1.82) is 0 Å². The molecule has 3 nitrogen and oxygen atoms in total. The van der Waals surface area contributed by atoms with E-state index in [-0.39, 0.29) is 0 Å². The first kappa shape index (κ1) is 12.4. The summed E-state index contributed by atoms with van der Waals surface area (Å²) in [6, 6.07) is 8.59. The second-order valence-electron chi connectivity index (χ2n) is 4.59. The summed E-state index contributed by atoms with van der Waals surface area (Å²) in [5, 5.41) is 0. The highest BCUT2D eigenvalue weighted by atomic mass is 16.5. The molecule has 0 bridgehead atoms. The number of rotatable bonds is 4. The lowest BCUT2D eigenvalue weighted by atomic mass is 10.0. The molecular weight excluding hydrogens is 212 g/mol. The third kappa shape index (κ3) is 2.99. The Morgan fingerprint density at radius 2 is 2.00 bits per heavy atom. The summed E-state index contributed by atoms with van der Waals surface area (Å²) in [5.74, 6) is 0. The molecule has 0 spiro atoms. The highest BCUT2D eigenvalue weighted by molar-refractivity contribution is 5.54. The van der Waals surface area contributed by atoms with Gasteiger partial charge in [-0.3, -0.25) is 0 Å². The highest BCUT2D eigenvalue weighted by Gasteiger charge is 2.20. The van der Waals surface area contributed by atoms with Gasteiger partial charge < -0.3 is 15.4 Å². The molecule has 0 unspecified atom stereocenters. The molecule has 94 valence electrons. The molecule has 0 aliphatic carbocycles. The Bertz CT molecular complexity index is 346. The van der Waals surface area contributed by atoms with Gasteiger partial charge in [0, 0.05) is 25.9 Å². The third-order valence-corrected chi connectivity index (χ3v) is 3.52. The molecule has 2 N–H and O–H groups in total. The molecule has 2 rings (SSSR count). The molecule has 1 aliphatic rings. The van der Waals surface area contributed by atoms with Crippen LogP contribution in [0.5, 0.6) is 0 Å². The predicted molar refractivity (Wildman–Crippen MR) is 71.4 cm³/mol. The van der Waals surface area contributed by atoms with E-state index >= 15 is 0 Å². The first-order chi connectivity index (χ1) is 8.35. The van der Waals surface area contributed by atoms with Crippen molar-refractivity contribution < 1.29 is 4.74 Å². The van der Waals surface area contributed by atoms with Crippen LogP contribution in [0.2, 0.25) is 0 Å². The molecule has 1 aromatic carbocycles. The molecule has 1 saturated heterocycles. The zero-order valence-corrected chi connectivity index (χ0v) is 10.6. The van der Waals surface area contributed by atoms with Gasteiger partial charge >= 0.3 is 0 Å². The van der Waals surface area contributed by atoms with Crippen molar-refractivity contribution in [3.8, 4) is 0 Å². The normalized spacial score (nSPS) is 17.4. The molecule has 1 fully saturated rings. The smallest absolute Gasteiger partial charge is 0.0605 e. The van der Waals surface area contributed by atoms with Gasteiger partial charge in [0.15, 0.2) is 0 Å². The maximum absolute atomic E-state index is 5.66. The van der Waals surface area contributed by atoms with Crippen LogP contribution in [0, 0.1) is 0 Å². The standard InChI is InChI=1S/C14H22N2O/c1-17-13-7-10-16(11-8-13)14-5-3-2-4-12(14)6-9-15/h2-5,13H,6-11,15H2,1H3. The lowest BCUT2D eigenvalue weighted by molar-refractivity contribution is 0.0819.